The van der Waals surface area contributed by atoms with Gasteiger partial charge in [-0.25, -0.2) is 13.6 Å². The van der Waals surface area contributed by atoms with Gasteiger partial charge >= 0.3 is 6.03 Å². The number of nitriles is 1. The molecule has 2 aromatic carbocycles. The number of nitrogens with one attached hydrogen (secondary N) is 1. The summed E-state index contributed by atoms with van der Waals surface area (Å²) in [5.74, 6) is -2.15. The van der Waals surface area contributed by atoms with Crippen LogP contribution in [0.15, 0.2) is 36.4 Å². The number of rotatable bonds is 5. The van der Waals surface area contributed by atoms with Crippen molar-refractivity contribution in [1.82, 2.24) is 10.2 Å². The summed E-state index contributed by atoms with van der Waals surface area (Å²) in [4.78, 5) is 25.1. The lowest BCUT2D eigenvalue weighted by molar-refractivity contribution is -0.117. The molecule has 3 amide bonds. The van der Waals surface area contributed by atoms with Crippen LogP contribution in [0.25, 0.3) is 0 Å². The van der Waals surface area contributed by atoms with Gasteiger partial charge in [-0.05, 0) is 24.6 Å². The van der Waals surface area contributed by atoms with Crippen molar-refractivity contribution in [2.75, 3.05) is 13.1 Å². The Morgan fingerprint density at radius 3 is 2.68 bits per heavy atom. The number of carbonyl (C=O) groups is 2. The molecule has 1 aliphatic heterocycles. The minimum Gasteiger partial charge on any atom is -0.370 e. The Kier molecular flexibility index (Phi) is 6.68. The Balaban J connectivity index is 2.12. The Bertz CT molecular complexity index is 1080. The van der Waals surface area contributed by atoms with Crippen LogP contribution in [0.2, 0.25) is 10.0 Å². The SMILES string of the molecule is N#CC1(c2ccc(Cl)cc2F)CCN(C(=O)NCCC(N)=O)[C@@H]1c1cccc(Cl)c1F. The highest BCUT2D eigenvalue weighted by atomic mass is 35.5. The summed E-state index contributed by atoms with van der Waals surface area (Å²) in [6.07, 6.45) is -0.0487. The highest BCUT2D eigenvalue weighted by Gasteiger charge is 2.53. The molecular weight excluding hydrogens is 449 g/mol. The molecule has 31 heavy (non-hydrogen) atoms. The lowest BCUT2D eigenvalue weighted by atomic mass is 9.72. The maximum atomic E-state index is 15.0. The first kappa shape index (κ1) is 22.8. The van der Waals surface area contributed by atoms with Crippen molar-refractivity contribution >= 4 is 35.1 Å². The van der Waals surface area contributed by atoms with E-state index in [4.69, 9.17) is 28.9 Å². The predicted molar refractivity (Wildman–Crippen MR) is 111 cm³/mol. The zero-order valence-corrected chi connectivity index (χ0v) is 17.7. The van der Waals surface area contributed by atoms with Crippen molar-refractivity contribution in [3.05, 3.63) is 69.2 Å². The molecule has 6 nitrogen and oxygen atoms in total. The molecule has 1 unspecified atom stereocenters. The van der Waals surface area contributed by atoms with Gasteiger partial charge in [-0.2, -0.15) is 5.26 Å². The smallest absolute Gasteiger partial charge is 0.317 e. The minimum absolute atomic E-state index is 0.00351. The van der Waals surface area contributed by atoms with Crippen LogP contribution in [0.3, 0.4) is 0 Å². The fourth-order valence-electron chi connectivity index (χ4n) is 3.92. The van der Waals surface area contributed by atoms with Crippen molar-refractivity contribution in [2.24, 2.45) is 5.73 Å². The lowest BCUT2D eigenvalue weighted by Crippen LogP contribution is -2.44. The molecule has 0 bridgehead atoms. The van der Waals surface area contributed by atoms with Crippen molar-refractivity contribution < 1.29 is 18.4 Å². The molecule has 2 aromatic rings. The topological polar surface area (TPSA) is 99.2 Å². The number of urea groups is 1. The summed E-state index contributed by atoms with van der Waals surface area (Å²) in [5.41, 5.74) is 3.47. The Hall–Kier alpha value is -2.89. The summed E-state index contributed by atoms with van der Waals surface area (Å²) < 4.78 is 29.9. The highest BCUT2D eigenvalue weighted by Crippen LogP contribution is 2.50. The van der Waals surface area contributed by atoms with Crippen LogP contribution in [0.5, 0.6) is 0 Å². The monoisotopic (exact) mass is 466 g/mol. The van der Waals surface area contributed by atoms with E-state index in [1.807, 2.05) is 0 Å². The molecule has 3 N–H and O–H groups in total. The summed E-state index contributed by atoms with van der Waals surface area (Å²) in [7, 11) is 0. The van der Waals surface area contributed by atoms with Gasteiger partial charge < -0.3 is 16.0 Å². The van der Waals surface area contributed by atoms with Crippen LogP contribution in [-0.4, -0.2) is 29.9 Å². The summed E-state index contributed by atoms with van der Waals surface area (Å²) in [6.45, 7) is -0.00107. The van der Waals surface area contributed by atoms with Crippen LogP contribution in [-0.2, 0) is 10.2 Å². The fourth-order valence-corrected chi connectivity index (χ4v) is 4.26. The summed E-state index contributed by atoms with van der Waals surface area (Å²) >= 11 is 11.8. The van der Waals surface area contributed by atoms with Crippen molar-refractivity contribution in [3.63, 3.8) is 0 Å². The zero-order valence-electron chi connectivity index (χ0n) is 16.2. The molecule has 0 aliphatic carbocycles. The summed E-state index contributed by atoms with van der Waals surface area (Å²) in [5, 5.41) is 12.7. The molecule has 1 fully saturated rings. The Labute approximate surface area is 187 Å². The first-order chi connectivity index (χ1) is 14.7. The van der Waals surface area contributed by atoms with E-state index in [-0.39, 0.29) is 47.1 Å². The highest BCUT2D eigenvalue weighted by molar-refractivity contribution is 6.31. The second-order valence-electron chi connectivity index (χ2n) is 7.14. The van der Waals surface area contributed by atoms with E-state index >= 15 is 4.39 Å². The first-order valence-corrected chi connectivity index (χ1v) is 10.1. The first-order valence-electron chi connectivity index (χ1n) is 9.34. The number of halogens is 4. The van der Waals surface area contributed by atoms with Crippen LogP contribution in [0.1, 0.15) is 30.0 Å². The van der Waals surface area contributed by atoms with Crippen molar-refractivity contribution in [2.45, 2.75) is 24.3 Å². The van der Waals surface area contributed by atoms with E-state index in [0.717, 1.165) is 6.07 Å². The van der Waals surface area contributed by atoms with Gasteiger partial charge in [0.1, 0.15) is 17.0 Å². The standard InChI is InChI=1S/C21H18Cl2F2N4O2/c22-12-4-5-14(16(24)10-12)21(11-26)7-9-29(20(31)28-8-6-17(27)30)19(21)13-2-1-3-15(23)18(13)25/h1-5,10,19H,6-9H2,(H2,27,30)(H,28,31)/t19-,21?/m1/s1. The zero-order chi connectivity index (χ0) is 22.8. The van der Waals surface area contributed by atoms with Gasteiger partial charge in [0.05, 0.1) is 17.1 Å². The van der Waals surface area contributed by atoms with Crippen LogP contribution in [0.4, 0.5) is 13.6 Å². The molecule has 10 heteroatoms. The molecule has 0 spiro atoms. The maximum absolute atomic E-state index is 15.0. The average molecular weight is 467 g/mol. The quantitative estimate of drug-likeness (QED) is 0.694. The van der Waals surface area contributed by atoms with Gasteiger partial charge in [0.15, 0.2) is 0 Å². The van der Waals surface area contributed by atoms with Crippen molar-refractivity contribution in [3.8, 4) is 6.07 Å². The molecule has 1 aliphatic rings. The van der Waals surface area contributed by atoms with E-state index in [2.05, 4.69) is 11.4 Å². The van der Waals surface area contributed by atoms with Gasteiger partial charge in [0, 0.05) is 35.7 Å². The third-order valence-corrected chi connectivity index (χ3v) is 5.85. The normalized spacial score (nSPS) is 20.4. The number of amides is 3. The predicted octanol–water partition coefficient (Wildman–Crippen LogP) is 4.06. The van der Waals surface area contributed by atoms with Gasteiger partial charge in [-0.15, -0.1) is 0 Å². The van der Waals surface area contributed by atoms with Crippen LogP contribution in [0, 0.1) is 23.0 Å². The van der Waals surface area contributed by atoms with E-state index in [1.165, 1.54) is 35.2 Å². The number of nitrogens with zero attached hydrogens (tertiary/aromatic N) is 2. The van der Waals surface area contributed by atoms with E-state index < -0.39 is 35.0 Å². The molecular formula is C21H18Cl2F2N4O2. The Morgan fingerprint density at radius 1 is 1.29 bits per heavy atom. The van der Waals surface area contributed by atoms with E-state index in [0.29, 0.717) is 0 Å². The lowest BCUT2D eigenvalue weighted by Gasteiger charge is -2.34. The van der Waals surface area contributed by atoms with Crippen LogP contribution >= 0.6 is 23.2 Å². The molecule has 1 saturated heterocycles. The van der Waals surface area contributed by atoms with Gasteiger partial charge in [0.2, 0.25) is 5.91 Å². The maximum Gasteiger partial charge on any atom is 0.317 e. The number of primary amides is 1. The fraction of sp³-hybridized carbons (Fsp3) is 0.286. The number of hydrogen-bond acceptors (Lipinski definition) is 3. The molecule has 2 atom stereocenters. The van der Waals surface area contributed by atoms with Gasteiger partial charge in [-0.3, -0.25) is 4.79 Å². The third-order valence-electron chi connectivity index (χ3n) is 5.32. The van der Waals surface area contributed by atoms with Crippen LogP contribution < -0.4 is 11.1 Å². The molecule has 1 heterocycles. The average Bonchev–Trinajstić information content (AvgIpc) is 3.10. The largest absolute Gasteiger partial charge is 0.370 e. The molecule has 0 radical (unpaired) electrons. The molecule has 3 rings (SSSR count). The number of hydrogen-bond donors (Lipinski definition) is 2. The van der Waals surface area contributed by atoms with Gasteiger partial charge in [-0.1, -0.05) is 41.4 Å². The van der Waals surface area contributed by atoms with E-state index in [1.54, 1.807) is 0 Å². The van der Waals surface area contributed by atoms with E-state index in [9.17, 15) is 19.2 Å². The second-order valence-corrected chi connectivity index (χ2v) is 7.99. The summed E-state index contributed by atoms with van der Waals surface area (Å²) in [6, 6.07) is 8.39. The second kappa shape index (κ2) is 9.08. The number of carbonyl (C=O) groups excluding carboxylic acids is 2. The van der Waals surface area contributed by atoms with Crippen molar-refractivity contribution in [1.29, 1.82) is 5.26 Å². The number of benzene rings is 2. The minimum atomic E-state index is -1.60. The number of nitrogens with two attached hydrogens (primary N) is 1. The molecule has 162 valence electrons. The molecule has 0 aromatic heterocycles. The third kappa shape index (κ3) is 4.29. The molecule has 0 saturated carbocycles. The Morgan fingerprint density at radius 2 is 2.03 bits per heavy atom. The number of likely N-dealkylation sites (tertiary alicyclic amines) is 1. The van der Waals surface area contributed by atoms with Gasteiger partial charge in [0.25, 0.3) is 0 Å².